The van der Waals surface area contributed by atoms with E-state index in [1.165, 1.54) is 7.11 Å². The van der Waals surface area contributed by atoms with E-state index in [0.29, 0.717) is 6.42 Å². The Kier molecular flexibility index (Phi) is 6.44. The molecule has 0 bridgehead atoms. The number of rotatable bonds is 6. The Morgan fingerprint density at radius 2 is 2.00 bits per heavy atom. The number of methoxy groups -OCH3 is 1. The fourth-order valence-electron chi connectivity index (χ4n) is 1.92. The summed E-state index contributed by atoms with van der Waals surface area (Å²) in [5.74, 6) is 0. The molecule has 18 heavy (non-hydrogen) atoms. The summed E-state index contributed by atoms with van der Waals surface area (Å²) in [7, 11) is 1.41. The molecular weight excluding hydrogens is 242 g/mol. The third-order valence-electron chi connectivity index (χ3n) is 3.03. The van der Waals surface area contributed by atoms with Crippen molar-refractivity contribution in [2.45, 2.75) is 50.2 Å². The van der Waals surface area contributed by atoms with E-state index in [2.05, 4.69) is 0 Å². The van der Waals surface area contributed by atoms with Gasteiger partial charge in [0.1, 0.15) is 18.3 Å². The van der Waals surface area contributed by atoms with Gasteiger partial charge in [-0.05, 0) is 6.42 Å². The van der Waals surface area contributed by atoms with Crippen LogP contribution < -0.4 is 5.73 Å². The van der Waals surface area contributed by atoms with Crippen molar-refractivity contribution in [3.8, 4) is 0 Å². The summed E-state index contributed by atoms with van der Waals surface area (Å²) >= 11 is 0. The standard InChI is InChI=1S/C11H23NO6/c1-3-7-8(14)10(17-5-6(13)4-12)9(15)11(16-2)18-7/h6-11,13-15H,3-5,12H2,1-2H3. The molecule has 0 saturated carbocycles. The summed E-state index contributed by atoms with van der Waals surface area (Å²) in [6.45, 7) is 1.85. The molecule has 0 radical (unpaired) electrons. The molecule has 0 aliphatic carbocycles. The molecule has 0 aromatic carbocycles. The van der Waals surface area contributed by atoms with Crippen molar-refractivity contribution in [1.82, 2.24) is 0 Å². The van der Waals surface area contributed by atoms with Crippen LogP contribution in [0.5, 0.6) is 0 Å². The van der Waals surface area contributed by atoms with Crippen LogP contribution in [0.25, 0.3) is 0 Å². The van der Waals surface area contributed by atoms with Gasteiger partial charge in [-0.2, -0.15) is 0 Å². The van der Waals surface area contributed by atoms with Crippen molar-refractivity contribution in [3.63, 3.8) is 0 Å². The van der Waals surface area contributed by atoms with Crippen LogP contribution in [-0.2, 0) is 14.2 Å². The van der Waals surface area contributed by atoms with Crippen LogP contribution in [0.2, 0.25) is 0 Å². The van der Waals surface area contributed by atoms with E-state index in [9.17, 15) is 15.3 Å². The van der Waals surface area contributed by atoms with Gasteiger partial charge in [0, 0.05) is 13.7 Å². The second-order valence-electron chi connectivity index (χ2n) is 4.36. The summed E-state index contributed by atoms with van der Waals surface area (Å²) in [4.78, 5) is 0. The van der Waals surface area contributed by atoms with Crippen LogP contribution in [0.3, 0.4) is 0 Å². The van der Waals surface area contributed by atoms with Gasteiger partial charge in [-0.25, -0.2) is 0 Å². The zero-order valence-electron chi connectivity index (χ0n) is 10.7. The third kappa shape index (κ3) is 3.61. The van der Waals surface area contributed by atoms with Gasteiger partial charge < -0.3 is 35.3 Å². The van der Waals surface area contributed by atoms with Gasteiger partial charge in [-0.15, -0.1) is 0 Å². The highest BCUT2D eigenvalue weighted by Crippen LogP contribution is 2.25. The number of hydrogen-bond donors (Lipinski definition) is 4. The van der Waals surface area contributed by atoms with Gasteiger partial charge in [0.25, 0.3) is 0 Å². The van der Waals surface area contributed by atoms with Crippen molar-refractivity contribution in [2.75, 3.05) is 20.3 Å². The molecule has 0 aromatic heterocycles. The quantitative estimate of drug-likeness (QED) is 0.447. The average Bonchev–Trinajstić information content (AvgIpc) is 2.38. The molecule has 7 nitrogen and oxygen atoms in total. The molecule has 0 amide bonds. The average molecular weight is 265 g/mol. The van der Waals surface area contributed by atoms with Gasteiger partial charge in [-0.3, -0.25) is 0 Å². The zero-order chi connectivity index (χ0) is 13.7. The number of aliphatic hydroxyl groups is 3. The van der Waals surface area contributed by atoms with E-state index < -0.39 is 36.8 Å². The summed E-state index contributed by atoms with van der Waals surface area (Å²) < 4.78 is 15.7. The first-order valence-corrected chi connectivity index (χ1v) is 6.09. The highest BCUT2D eigenvalue weighted by molar-refractivity contribution is 4.90. The summed E-state index contributed by atoms with van der Waals surface area (Å²) in [5.41, 5.74) is 5.26. The van der Waals surface area contributed by atoms with E-state index in [1.807, 2.05) is 6.92 Å². The fourth-order valence-corrected chi connectivity index (χ4v) is 1.92. The van der Waals surface area contributed by atoms with Crippen LogP contribution in [-0.4, -0.2) is 72.4 Å². The topological polar surface area (TPSA) is 114 Å². The van der Waals surface area contributed by atoms with E-state index in [1.54, 1.807) is 0 Å². The fraction of sp³-hybridized carbons (Fsp3) is 1.00. The highest BCUT2D eigenvalue weighted by atomic mass is 16.7. The molecule has 6 atom stereocenters. The first kappa shape index (κ1) is 15.8. The van der Waals surface area contributed by atoms with Gasteiger partial charge in [0.15, 0.2) is 6.29 Å². The molecular formula is C11H23NO6. The Hall–Kier alpha value is -0.280. The van der Waals surface area contributed by atoms with E-state index in [4.69, 9.17) is 19.9 Å². The molecule has 1 aliphatic rings. The summed E-state index contributed by atoms with van der Waals surface area (Å²) in [5, 5.41) is 29.3. The molecule has 1 rings (SSSR count). The lowest BCUT2D eigenvalue weighted by molar-refractivity contribution is -0.299. The predicted octanol–water partition coefficient (Wildman–Crippen LogP) is -1.81. The Morgan fingerprint density at radius 1 is 1.33 bits per heavy atom. The molecule has 1 saturated heterocycles. The lowest BCUT2D eigenvalue weighted by Gasteiger charge is -2.41. The normalized spacial score (nSPS) is 38.7. The molecule has 7 heteroatoms. The molecule has 0 spiro atoms. The van der Waals surface area contributed by atoms with Crippen molar-refractivity contribution in [1.29, 1.82) is 0 Å². The first-order chi connectivity index (χ1) is 8.54. The summed E-state index contributed by atoms with van der Waals surface area (Å²) in [6.07, 6.45) is -4.54. The molecule has 108 valence electrons. The van der Waals surface area contributed by atoms with Crippen LogP contribution in [0.15, 0.2) is 0 Å². The number of hydrogen-bond acceptors (Lipinski definition) is 7. The second kappa shape index (κ2) is 7.34. The molecule has 1 fully saturated rings. The maximum Gasteiger partial charge on any atom is 0.186 e. The van der Waals surface area contributed by atoms with E-state index in [-0.39, 0.29) is 13.2 Å². The summed E-state index contributed by atoms with van der Waals surface area (Å²) in [6, 6.07) is 0. The Morgan fingerprint density at radius 3 is 2.50 bits per heavy atom. The lowest BCUT2D eigenvalue weighted by atomic mass is 9.97. The Bertz CT molecular complexity index is 226. The SMILES string of the molecule is CCC1OC(OC)C(O)C(OCC(O)CN)C1O. The van der Waals surface area contributed by atoms with Crippen molar-refractivity contribution in [2.24, 2.45) is 5.73 Å². The largest absolute Gasteiger partial charge is 0.389 e. The minimum atomic E-state index is -1.11. The Labute approximate surface area is 106 Å². The van der Waals surface area contributed by atoms with Crippen LogP contribution in [0.4, 0.5) is 0 Å². The third-order valence-corrected chi connectivity index (χ3v) is 3.03. The smallest absolute Gasteiger partial charge is 0.186 e. The molecule has 1 aliphatic heterocycles. The van der Waals surface area contributed by atoms with Gasteiger partial charge in [0.05, 0.1) is 18.8 Å². The van der Waals surface area contributed by atoms with Crippen molar-refractivity contribution < 1.29 is 29.5 Å². The number of aliphatic hydroxyl groups excluding tert-OH is 3. The van der Waals surface area contributed by atoms with Crippen LogP contribution in [0, 0.1) is 0 Å². The van der Waals surface area contributed by atoms with Crippen molar-refractivity contribution in [3.05, 3.63) is 0 Å². The van der Waals surface area contributed by atoms with E-state index >= 15 is 0 Å². The van der Waals surface area contributed by atoms with Crippen LogP contribution >= 0.6 is 0 Å². The Balaban J connectivity index is 2.64. The van der Waals surface area contributed by atoms with Gasteiger partial charge >= 0.3 is 0 Å². The number of nitrogens with two attached hydrogens (primary N) is 1. The lowest BCUT2D eigenvalue weighted by Crippen LogP contribution is -2.59. The maximum atomic E-state index is 10.0. The minimum absolute atomic E-state index is 0.0534. The monoisotopic (exact) mass is 265 g/mol. The first-order valence-electron chi connectivity index (χ1n) is 6.09. The van der Waals surface area contributed by atoms with Crippen molar-refractivity contribution >= 4 is 0 Å². The molecule has 6 unspecified atom stereocenters. The second-order valence-corrected chi connectivity index (χ2v) is 4.36. The molecule has 5 N–H and O–H groups in total. The molecule has 1 heterocycles. The van der Waals surface area contributed by atoms with Crippen LogP contribution in [0.1, 0.15) is 13.3 Å². The zero-order valence-corrected chi connectivity index (χ0v) is 10.7. The maximum absolute atomic E-state index is 10.0. The van der Waals surface area contributed by atoms with E-state index in [0.717, 1.165) is 0 Å². The highest BCUT2D eigenvalue weighted by Gasteiger charge is 2.44. The van der Waals surface area contributed by atoms with Gasteiger partial charge in [0.2, 0.25) is 0 Å². The number of ether oxygens (including phenoxy) is 3. The molecule has 0 aromatic rings. The van der Waals surface area contributed by atoms with Gasteiger partial charge in [-0.1, -0.05) is 6.92 Å². The predicted molar refractivity (Wildman–Crippen MR) is 62.8 cm³/mol. The minimum Gasteiger partial charge on any atom is -0.389 e.